The van der Waals surface area contributed by atoms with E-state index in [0.717, 1.165) is 16.0 Å². The number of aromatic nitrogens is 3. The molecule has 4 rings (SSSR count). The zero-order valence-electron chi connectivity index (χ0n) is 14.8. The number of non-ortho nitro benzene ring substituents is 1. The summed E-state index contributed by atoms with van der Waals surface area (Å²) in [5.41, 5.74) is 2.08. The van der Waals surface area contributed by atoms with Gasteiger partial charge < -0.3 is 10.1 Å². The number of thiazole rings is 1. The predicted octanol–water partition coefficient (Wildman–Crippen LogP) is 4.80. The Hall–Kier alpha value is -3.59. The van der Waals surface area contributed by atoms with Gasteiger partial charge in [-0.1, -0.05) is 23.5 Å². The molecule has 0 aliphatic heterocycles. The molecule has 0 aliphatic carbocycles. The fourth-order valence-corrected chi connectivity index (χ4v) is 3.56. The van der Waals surface area contributed by atoms with Gasteiger partial charge in [0, 0.05) is 17.7 Å². The van der Waals surface area contributed by atoms with Gasteiger partial charge in [0.25, 0.3) is 5.69 Å². The fourth-order valence-electron chi connectivity index (χ4n) is 2.66. The van der Waals surface area contributed by atoms with E-state index in [1.54, 1.807) is 24.3 Å². The smallest absolute Gasteiger partial charge is 0.270 e. The quantitative estimate of drug-likeness (QED) is 0.370. The molecule has 0 radical (unpaired) electrons. The van der Waals surface area contributed by atoms with E-state index in [-0.39, 0.29) is 5.69 Å². The molecule has 2 aromatic carbocycles. The minimum atomic E-state index is -0.434. The Morgan fingerprint density at radius 1 is 1.14 bits per heavy atom. The van der Waals surface area contributed by atoms with Crippen LogP contribution in [0.5, 0.6) is 5.75 Å². The molecule has 0 fully saturated rings. The molecule has 0 bridgehead atoms. The predicted molar refractivity (Wildman–Crippen MR) is 108 cm³/mol. The Kier molecular flexibility index (Phi) is 4.81. The minimum absolute atomic E-state index is 0.0161. The number of nitro groups is 1. The molecule has 8 nitrogen and oxygen atoms in total. The van der Waals surface area contributed by atoms with Crippen molar-refractivity contribution in [3.8, 4) is 17.0 Å². The Morgan fingerprint density at radius 3 is 2.79 bits per heavy atom. The lowest BCUT2D eigenvalue weighted by molar-refractivity contribution is -0.384. The van der Waals surface area contributed by atoms with E-state index >= 15 is 0 Å². The summed E-state index contributed by atoms with van der Waals surface area (Å²) < 4.78 is 6.52. The summed E-state index contributed by atoms with van der Waals surface area (Å²) in [6.45, 7) is 2.56. The maximum atomic E-state index is 10.9. The first-order valence-electron chi connectivity index (χ1n) is 8.51. The summed E-state index contributed by atoms with van der Waals surface area (Å²) >= 11 is 1.49. The van der Waals surface area contributed by atoms with Crippen molar-refractivity contribution in [2.45, 2.75) is 6.92 Å². The van der Waals surface area contributed by atoms with Gasteiger partial charge in [-0.3, -0.25) is 10.1 Å². The number of hydrogen-bond acceptors (Lipinski definition) is 8. The molecule has 0 saturated heterocycles. The second-order valence-corrected chi connectivity index (χ2v) is 6.85. The zero-order chi connectivity index (χ0) is 19.5. The molecule has 0 saturated carbocycles. The number of nitrogens with one attached hydrogen (secondary N) is 1. The van der Waals surface area contributed by atoms with Gasteiger partial charge in [0.2, 0.25) is 0 Å². The molecular weight excluding hydrogens is 378 g/mol. The molecule has 2 aromatic heterocycles. The van der Waals surface area contributed by atoms with Gasteiger partial charge in [0.15, 0.2) is 10.9 Å². The second kappa shape index (κ2) is 7.57. The lowest BCUT2D eigenvalue weighted by atomic mass is 10.1. The molecule has 4 aromatic rings. The monoisotopic (exact) mass is 393 g/mol. The number of nitrogens with zero attached hydrogens (tertiary/aromatic N) is 4. The van der Waals surface area contributed by atoms with E-state index in [1.807, 2.05) is 25.1 Å². The minimum Gasteiger partial charge on any atom is -0.494 e. The maximum Gasteiger partial charge on any atom is 0.270 e. The lowest BCUT2D eigenvalue weighted by Crippen LogP contribution is -1.96. The highest BCUT2D eigenvalue weighted by atomic mass is 32.1. The summed E-state index contributed by atoms with van der Waals surface area (Å²) in [4.78, 5) is 15.0. The molecule has 0 atom stereocenters. The van der Waals surface area contributed by atoms with Gasteiger partial charge in [-0.25, -0.2) is 4.98 Å². The average molecular weight is 393 g/mol. The SMILES string of the molecule is CCOc1ccc2nc(Nc3ccc(-c4cccc([N+](=O)[O-])c4)nn3)sc2c1. The molecular formula is C19H15N5O3S. The number of rotatable bonds is 6. The van der Waals surface area contributed by atoms with Crippen molar-refractivity contribution < 1.29 is 9.66 Å². The van der Waals surface area contributed by atoms with Crippen LogP contribution in [0.1, 0.15) is 6.92 Å². The van der Waals surface area contributed by atoms with Gasteiger partial charge in [0.1, 0.15) is 5.75 Å². The molecule has 140 valence electrons. The zero-order valence-corrected chi connectivity index (χ0v) is 15.6. The number of anilines is 2. The molecule has 0 spiro atoms. The van der Waals surface area contributed by atoms with E-state index < -0.39 is 4.92 Å². The molecule has 1 N–H and O–H groups in total. The van der Waals surface area contributed by atoms with E-state index in [1.165, 1.54) is 23.5 Å². The Morgan fingerprint density at radius 2 is 2.04 bits per heavy atom. The van der Waals surface area contributed by atoms with E-state index in [0.29, 0.717) is 28.8 Å². The summed E-state index contributed by atoms with van der Waals surface area (Å²) in [6.07, 6.45) is 0. The molecule has 0 unspecified atom stereocenters. The van der Waals surface area contributed by atoms with Crippen molar-refractivity contribution in [3.63, 3.8) is 0 Å². The number of benzene rings is 2. The first kappa shape index (κ1) is 17.8. The van der Waals surface area contributed by atoms with Gasteiger partial charge in [-0.05, 0) is 37.3 Å². The number of hydrogen-bond donors (Lipinski definition) is 1. The molecule has 28 heavy (non-hydrogen) atoms. The third-order valence-corrected chi connectivity index (χ3v) is 4.86. The lowest BCUT2D eigenvalue weighted by Gasteiger charge is -2.03. The third kappa shape index (κ3) is 3.74. The highest BCUT2D eigenvalue weighted by Crippen LogP contribution is 2.31. The van der Waals surface area contributed by atoms with Crippen LogP contribution in [0.4, 0.5) is 16.6 Å². The molecule has 2 heterocycles. The maximum absolute atomic E-state index is 10.9. The van der Waals surface area contributed by atoms with Crippen LogP contribution in [0, 0.1) is 10.1 Å². The first-order valence-corrected chi connectivity index (χ1v) is 9.33. The van der Waals surface area contributed by atoms with Crippen molar-refractivity contribution in [3.05, 3.63) is 64.7 Å². The van der Waals surface area contributed by atoms with Crippen molar-refractivity contribution in [1.29, 1.82) is 0 Å². The van der Waals surface area contributed by atoms with Crippen LogP contribution in [0.25, 0.3) is 21.5 Å². The number of fused-ring (bicyclic) bond motifs is 1. The van der Waals surface area contributed by atoms with Crippen LogP contribution in [0.15, 0.2) is 54.6 Å². The van der Waals surface area contributed by atoms with Gasteiger partial charge >= 0.3 is 0 Å². The normalized spacial score (nSPS) is 10.8. The topological polar surface area (TPSA) is 103 Å². The van der Waals surface area contributed by atoms with Crippen molar-refractivity contribution in [1.82, 2.24) is 15.2 Å². The van der Waals surface area contributed by atoms with E-state index in [4.69, 9.17) is 4.74 Å². The largest absolute Gasteiger partial charge is 0.494 e. The van der Waals surface area contributed by atoms with Crippen LogP contribution < -0.4 is 10.1 Å². The highest BCUT2D eigenvalue weighted by Gasteiger charge is 2.10. The summed E-state index contributed by atoms with van der Waals surface area (Å²) in [6, 6.07) is 15.6. The second-order valence-electron chi connectivity index (χ2n) is 5.82. The van der Waals surface area contributed by atoms with E-state index in [9.17, 15) is 10.1 Å². The van der Waals surface area contributed by atoms with Crippen LogP contribution in [-0.2, 0) is 0 Å². The molecule has 9 heteroatoms. The average Bonchev–Trinajstić information content (AvgIpc) is 3.10. The standard InChI is InChI=1S/C19H15N5O3S/c1-2-27-14-6-7-16-17(11-14)28-19(20-16)21-18-9-8-15(22-23-18)12-4-3-5-13(10-12)24(25)26/h3-11H,2H2,1H3,(H,20,21,23). The number of nitro benzene ring substituents is 1. The van der Waals surface area contributed by atoms with Crippen LogP contribution in [-0.4, -0.2) is 26.7 Å². The fraction of sp³-hybridized carbons (Fsp3) is 0.105. The Bertz CT molecular complexity index is 1140. The summed E-state index contributed by atoms with van der Waals surface area (Å²) in [5.74, 6) is 1.35. The van der Waals surface area contributed by atoms with Crippen LogP contribution in [0.3, 0.4) is 0 Å². The first-order chi connectivity index (χ1) is 13.6. The van der Waals surface area contributed by atoms with Crippen LogP contribution >= 0.6 is 11.3 Å². The van der Waals surface area contributed by atoms with Crippen LogP contribution in [0.2, 0.25) is 0 Å². The van der Waals surface area contributed by atoms with Crippen molar-refractivity contribution in [2.24, 2.45) is 0 Å². The van der Waals surface area contributed by atoms with E-state index in [2.05, 4.69) is 20.5 Å². The third-order valence-electron chi connectivity index (χ3n) is 3.92. The summed E-state index contributed by atoms with van der Waals surface area (Å²) in [5, 5.41) is 23.1. The molecule has 0 amide bonds. The van der Waals surface area contributed by atoms with Crippen molar-refractivity contribution in [2.75, 3.05) is 11.9 Å². The van der Waals surface area contributed by atoms with Gasteiger partial charge in [0.05, 0.1) is 27.4 Å². The van der Waals surface area contributed by atoms with Crippen molar-refractivity contribution >= 4 is 38.2 Å². The molecule has 0 aliphatic rings. The van der Waals surface area contributed by atoms with Gasteiger partial charge in [-0.2, -0.15) is 0 Å². The van der Waals surface area contributed by atoms with Gasteiger partial charge in [-0.15, -0.1) is 10.2 Å². The summed E-state index contributed by atoms with van der Waals surface area (Å²) in [7, 11) is 0. The number of ether oxygens (including phenoxy) is 1. The Balaban J connectivity index is 1.54. The highest BCUT2D eigenvalue weighted by molar-refractivity contribution is 7.22. The Labute approximate surface area is 164 Å².